The number of amides is 1. The van der Waals surface area contributed by atoms with E-state index < -0.39 is 5.54 Å². The molecular weight excluding hydrogens is 344 g/mol. The van der Waals surface area contributed by atoms with Crippen molar-refractivity contribution >= 4 is 22.9 Å². The van der Waals surface area contributed by atoms with E-state index in [2.05, 4.69) is 32.2 Å². The van der Waals surface area contributed by atoms with E-state index in [9.17, 15) is 9.90 Å². The van der Waals surface area contributed by atoms with Crippen LogP contribution in [0.1, 0.15) is 38.1 Å². The molecule has 0 unspecified atom stereocenters. The predicted octanol–water partition coefficient (Wildman–Crippen LogP) is 2.49. The van der Waals surface area contributed by atoms with E-state index in [1.54, 1.807) is 32.3 Å². The second-order valence-corrected chi connectivity index (χ2v) is 6.53. The number of aliphatic hydroxyl groups is 1. The first-order chi connectivity index (χ1) is 12.8. The maximum atomic E-state index is 12.5. The lowest BCUT2D eigenvalue weighted by atomic mass is 10.1. The SMILES string of the molecule is C=C/C(=C\N(C)C)Nc1cnc2[nH]cc(C(=O)NC(C)(C)CO)c2n1.CC. The van der Waals surface area contributed by atoms with E-state index >= 15 is 0 Å². The minimum absolute atomic E-state index is 0.169. The molecule has 0 aromatic carbocycles. The average Bonchev–Trinajstić information content (AvgIpc) is 3.05. The van der Waals surface area contributed by atoms with Gasteiger partial charge < -0.3 is 25.6 Å². The fourth-order valence-electron chi connectivity index (χ4n) is 2.10. The lowest BCUT2D eigenvalue weighted by Crippen LogP contribution is -2.46. The number of carbonyl (C=O) groups excluding carboxylic acids is 1. The Balaban J connectivity index is 0.00000176. The quantitative estimate of drug-likeness (QED) is 0.555. The Hall–Kier alpha value is -2.87. The van der Waals surface area contributed by atoms with Gasteiger partial charge in [0, 0.05) is 26.5 Å². The van der Waals surface area contributed by atoms with Crippen LogP contribution >= 0.6 is 0 Å². The highest BCUT2D eigenvalue weighted by atomic mass is 16.3. The molecule has 0 spiro atoms. The van der Waals surface area contributed by atoms with Crippen LogP contribution in [0.3, 0.4) is 0 Å². The first-order valence-corrected chi connectivity index (χ1v) is 8.81. The van der Waals surface area contributed by atoms with Crippen LogP contribution in [-0.2, 0) is 0 Å². The molecule has 0 bridgehead atoms. The monoisotopic (exact) mass is 374 g/mol. The van der Waals surface area contributed by atoms with E-state index in [4.69, 9.17) is 0 Å². The third kappa shape index (κ3) is 6.10. The van der Waals surface area contributed by atoms with Crippen molar-refractivity contribution in [3.8, 4) is 0 Å². The Morgan fingerprint density at radius 1 is 1.41 bits per heavy atom. The van der Waals surface area contributed by atoms with E-state index in [0.29, 0.717) is 22.5 Å². The Morgan fingerprint density at radius 3 is 2.63 bits per heavy atom. The fourth-order valence-corrected chi connectivity index (χ4v) is 2.10. The number of hydrogen-bond acceptors (Lipinski definition) is 6. The molecule has 4 N–H and O–H groups in total. The smallest absolute Gasteiger partial charge is 0.255 e. The number of nitrogens with zero attached hydrogens (tertiary/aromatic N) is 3. The number of hydrogen-bond donors (Lipinski definition) is 4. The number of allylic oxidation sites excluding steroid dienone is 1. The molecule has 0 aliphatic carbocycles. The molecule has 0 atom stereocenters. The molecule has 0 saturated carbocycles. The van der Waals surface area contributed by atoms with Crippen LogP contribution in [-0.4, -0.2) is 57.1 Å². The molecule has 27 heavy (non-hydrogen) atoms. The maximum absolute atomic E-state index is 12.5. The molecule has 2 heterocycles. The minimum atomic E-state index is -0.728. The van der Waals surface area contributed by atoms with Crippen molar-refractivity contribution in [2.24, 2.45) is 0 Å². The molecule has 2 aromatic rings. The summed E-state index contributed by atoms with van der Waals surface area (Å²) in [5, 5.41) is 15.2. The van der Waals surface area contributed by atoms with Crippen molar-refractivity contribution in [1.29, 1.82) is 0 Å². The second-order valence-electron chi connectivity index (χ2n) is 6.53. The average molecular weight is 374 g/mol. The molecule has 8 nitrogen and oxygen atoms in total. The van der Waals surface area contributed by atoms with Gasteiger partial charge in [-0.3, -0.25) is 4.79 Å². The summed E-state index contributed by atoms with van der Waals surface area (Å²) in [7, 11) is 3.80. The van der Waals surface area contributed by atoms with Crippen molar-refractivity contribution in [2.75, 3.05) is 26.0 Å². The predicted molar refractivity (Wildman–Crippen MR) is 109 cm³/mol. The van der Waals surface area contributed by atoms with Crippen LogP contribution in [0.15, 0.2) is 36.9 Å². The topological polar surface area (TPSA) is 106 Å². The van der Waals surface area contributed by atoms with Gasteiger partial charge in [0.15, 0.2) is 5.65 Å². The summed E-state index contributed by atoms with van der Waals surface area (Å²) in [4.78, 5) is 26.0. The molecule has 0 fully saturated rings. The molecular formula is C19H30N6O2. The van der Waals surface area contributed by atoms with Gasteiger partial charge in [-0.15, -0.1) is 0 Å². The lowest BCUT2D eigenvalue weighted by molar-refractivity contribution is 0.0871. The number of rotatable bonds is 7. The van der Waals surface area contributed by atoms with Gasteiger partial charge in [0.05, 0.1) is 29.6 Å². The Morgan fingerprint density at radius 2 is 2.07 bits per heavy atom. The third-order valence-electron chi connectivity index (χ3n) is 3.36. The summed E-state index contributed by atoms with van der Waals surface area (Å²) in [6, 6.07) is 0. The Labute approximate surface area is 160 Å². The summed E-state index contributed by atoms with van der Waals surface area (Å²) in [5.41, 5.74) is 1.35. The zero-order chi connectivity index (χ0) is 20.6. The van der Waals surface area contributed by atoms with E-state index in [1.165, 1.54) is 0 Å². The summed E-state index contributed by atoms with van der Waals surface area (Å²) < 4.78 is 0. The molecule has 0 aliphatic heterocycles. The second kappa shape index (κ2) is 9.72. The number of fused-ring (bicyclic) bond motifs is 1. The van der Waals surface area contributed by atoms with Crippen LogP contribution in [0.25, 0.3) is 11.2 Å². The van der Waals surface area contributed by atoms with Gasteiger partial charge in [0.25, 0.3) is 5.91 Å². The molecule has 2 rings (SSSR count). The van der Waals surface area contributed by atoms with Crippen LogP contribution in [0.2, 0.25) is 0 Å². The standard InChI is InChI=1S/C17H24N6O2.C2H6/c1-6-11(9-23(4)5)20-13-8-19-15-14(21-13)12(7-18-15)16(25)22-17(2,3)10-24;1-2/h6-9,24H,1,10H2,2-5H3,(H,18,19)(H,20,21)(H,22,25);1-2H3/b11-9+;. The first kappa shape index (κ1) is 22.2. The van der Waals surface area contributed by atoms with Gasteiger partial charge in [0.2, 0.25) is 0 Å². The minimum Gasteiger partial charge on any atom is -0.394 e. The third-order valence-corrected chi connectivity index (χ3v) is 3.36. The number of aliphatic hydroxyl groups excluding tert-OH is 1. The van der Waals surface area contributed by atoms with Crippen molar-refractivity contribution in [3.63, 3.8) is 0 Å². The molecule has 148 valence electrons. The number of anilines is 1. The molecule has 1 amide bonds. The molecule has 8 heteroatoms. The van der Waals surface area contributed by atoms with E-state index in [0.717, 1.165) is 5.70 Å². The van der Waals surface area contributed by atoms with Crippen LogP contribution in [0, 0.1) is 0 Å². The van der Waals surface area contributed by atoms with Gasteiger partial charge in [-0.2, -0.15) is 0 Å². The summed E-state index contributed by atoms with van der Waals surface area (Å²) in [6.45, 7) is 11.1. The van der Waals surface area contributed by atoms with E-state index in [-0.39, 0.29) is 12.5 Å². The zero-order valence-corrected chi connectivity index (χ0v) is 16.9. The summed E-state index contributed by atoms with van der Waals surface area (Å²) in [5.74, 6) is 0.167. The highest BCUT2D eigenvalue weighted by molar-refractivity contribution is 6.04. The summed E-state index contributed by atoms with van der Waals surface area (Å²) >= 11 is 0. The Bertz CT molecular complexity index is 808. The van der Waals surface area contributed by atoms with Gasteiger partial charge >= 0.3 is 0 Å². The van der Waals surface area contributed by atoms with Gasteiger partial charge in [-0.1, -0.05) is 20.4 Å². The zero-order valence-electron chi connectivity index (χ0n) is 16.9. The van der Waals surface area contributed by atoms with Crippen molar-refractivity contribution in [3.05, 3.63) is 42.5 Å². The molecule has 0 aliphatic rings. The molecule has 0 radical (unpaired) electrons. The fraction of sp³-hybridized carbons (Fsp3) is 0.421. The number of H-pyrrole nitrogens is 1. The van der Waals surface area contributed by atoms with Crippen molar-refractivity contribution in [1.82, 2.24) is 25.2 Å². The first-order valence-electron chi connectivity index (χ1n) is 8.81. The van der Waals surface area contributed by atoms with Crippen LogP contribution in [0.4, 0.5) is 5.82 Å². The van der Waals surface area contributed by atoms with Gasteiger partial charge in [-0.05, 0) is 19.9 Å². The highest BCUT2D eigenvalue weighted by Crippen LogP contribution is 2.18. The normalized spacial score (nSPS) is 11.4. The van der Waals surface area contributed by atoms with Crippen LogP contribution < -0.4 is 10.6 Å². The van der Waals surface area contributed by atoms with Crippen LogP contribution in [0.5, 0.6) is 0 Å². The van der Waals surface area contributed by atoms with Crippen molar-refractivity contribution < 1.29 is 9.90 Å². The largest absolute Gasteiger partial charge is 0.394 e. The lowest BCUT2D eigenvalue weighted by Gasteiger charge is -2.23. The summed E-state index contributed by atoms with van der Waals surface area (Å²) in [6.07, 6.45) is 6.65. The Kier molecular flexibility index (Phi) is 7.99. The highest BCUT2D eigenvalue weighted by Gasteiger charge is 2.22. The number of aromatic amines is 1. The number of nitrogens with one attached hydrogen (secondary N) is 3. The van der Waals surface area contributed by atoms with Gasteiger partial charge in [-0.25, -0.2) is 9.97 Å². The molecule has 0 saturated heterocycles. The van der Waals surface area contributed by atoms with Gasteiger partial charge in [0.1, 0.15) is 11.3 Å². The van der Waals surface area contributed by atoms with Crippen molar-refractivity contribution in [2.45, 2.75) is 33.2 Å². The maximum Gasteiger partial charge on any atom is 0.255 e. The number of aromatic nitrogens is 3. The molecule has 2 aromatic heterocycles. The number of carbonyl (C=O) groups is 1. The van der Waals surface area contributed by atoms with E-state index in [1.807, 2.05) is 39.0 Å².